The molecule has 224 valence electrons. The lowest BCUT2D eigenvalue weighted by Crippen LogP contribution is -2.14. The summed E-state index contributed by atoms with van der Waals surface area (Å²) in [5, 5.41) is 0. The predicted molar refractivity (Wildman–Crippen MR) is 169 cm³/mol. The van der Waals surface area contributed by atoms with Crippen LogP contribution in [0, 0.1) is 0 Å². The molecule has 1 heterocycles. The molecule has 0 saturated heterocycles. The van der Waals surface area contributed by atoms with Crippen molar-refractivity contribution in [3.8, 4) is 0 Å². The summed E-state index contributed by atoms with van der Waals surface area (Å²) >= 11 is 0. The molecule has 1 rings (SSSR count). The van der Waals surface area contributed by atoms with Crippen LogP contribution in [0.1, 0.15) is 129 Å². The number of carbonyl (C=O) groups excluding carboxylic acids is 2. The fourth-order valence-electron chi connectivity index (χ4n) is 4.40. The monoisotopic (exact) mass is 552 g/mol. The maximum atomic E-state index is 12.5. The van der Waals surface area contributed by atoms with Crippen molar-refractivity contribution in [2.75, 3.05) is 0 Å². The zero-order valence-electron chi connectivity index (χ0n) is 25.4. The Bertz CT molecular complexity index is 747. The highest BCUT2D eigenvalue weighted by molar-refractivity contribution is 5.70. The average Bonchev–Trinajstić information content (AvgIpc) is 2.94. The van der Waals surface area contributed by atoms with Gasteiger partial charge < -0.3 is 9.47 Å². The second kappa shape index (κ2) is 26.6. The van der Waals surface area contributed by atoms with Gasteiger partial charge in [-0.25, -0.2) is 0 Å². The van der Waals surface area contributed by atoms with Gasteiger partial charge in [0.25, 0.3) is 0 Å². The summed E-state index contributed by atoms with van der Waals surface area (Å²) in [5.41, 5.74) is 0. The van der Waals surface area contributed by atoms with Gasteiger partial charge in [-0.2, -0.15) is 0 Å². The number of rotatable bonds is 8. The summed E-state index contributed by atoms with van der Waals surface area (Å²) in [6.45, 7) is 4.25. The Kier molecular flexibility index (Phi) is 23.5. The minimum Gasteiger partial charge on any atom is -0.454 e. The van der Waals surface area contributed by atoms with Crippen molar-refractivity contribution < 1.29 is 19.1 Å². The van der Waals surface area contributed by atoms with Crippen LogP contribution in [0.4, 0.5) is 0 Å². The molecule has 0 aromatic carbocycles. The molecule has 0 fully saturated rings. The second-order valence-corrected chi connectivity index (χ2v) is 10.5. The average molecular weight is 553 g/mol. The summed E-state index contributed by atoms with van der Waals surface area (Å²) in [5.74, 6) is -0.223. The summed E-state index contributed by atoms with van der Waals surface area (Å²) < 4.78 is 11.5. The molecule has 4 nitrogen and oxygen atoms in total. The Morgan fingerprint density at radius 2 is 0.975 bits per heavy atom. The van der Waals surface area contributed by atoms with Crippen molar-refractivity contribution in [3.63, 3.8) is 0 Å². The van der Waals surface area contributed by atoms with Gasteiger partial charge in [-0.05, 0) is 88.5 Å². The molecule has 0 bridgehead atoms. The first-order chi connectivity index (χ1) is 19.7. The predicted octanol–water partition coefficient (Wildman–Crippen LogP) is 10.2. The molecule has 0 aromatic heterocycles. The van der Waals surface area contributed by atoms with Crippen LogP contribution in [-0.4, -0.2) is 24.1 Å². The van der Waals surface area contributed by atoms with Gasteiger partial charge in [-0.3, -0.25) is 9.59 Å². The number of hydrogen-bond acceptors (Lipinski definition) is 4. The summed E-state index contributed by atoms with van der Waals surface area (Å²) in [6.07, 6.45) is 41.5. The van der Waals surface area contributed by atoms with E-state index in [0.29, 0.717) is 12.8 Å². The Hall–Kier alpha value is -2.62. The highest BCUT2D eigenvalue weighted by Crippen LogP contribution is 2.13. The third kappa shape index (κ3) is 22.2. The van der Waals surface area contributed by atoms with E-state index in [0.717, 1.165) is 103 Å². The lowest BCUT2D eigenvalue weighted by molar-refractivity contribution is -0.146. The quantitative estimate of drug-likeness (QED) is 0.222. The van der Waals surface area contributed by atoms with Crippen LogP contribution in [0.15, 0.2) is 72.9 Å². The maximum Gasteiger partial charge on any atom is 0.306 e. The Balaban J connectivity index is 2.65. The SMILES string of the molecule is CC/C=C\C/C=C\[C@H]1/C=C\CCCCCCCC(=O)O[C@@H](/C=C\C/C=C\CC)/C=C\CCCCCCCC(=O)O1. The van der Waals surface area contributed by atoms with Gasteiger partial charge in [0, 0.05) is 12.8 Å². The highest BCUT2D eigenvalue weighted by atomic mass is 16.5. The van der Waals surface area contributed by atoms with Crippen LogP contribution in [-0.2, 0) is 19.1 Å². The van der Waals surface area contributed by atoms with Crippen LogP contribution in [0.2, 0.25) is 0 Å². The Labute approximate surface area is 245 Å². The van der Waals surface area contributed by atoms with Crippen molar-refractivity contribution in [2.24, 2.45) is 0 Å². The van der Waals surface area contributed by atoms with E-state index < -0.39 is 0 Å². The Morgan fingerprint density at radius 1 is 0.575 bits per heavy atom. The lowest BCUT2D eigenvalue weighted by Gasteiger charge is -2.11. The van der Waals surface area contributed by atoms with Crippen LogP contribution in [0.5, 0.6) is 0 Å². The molecule has 0 spiro atoms. The number of ether oxygens (including phenoxy) is 2. The standard InChI is InChI=1S/C36H56O4/c1-3-5-7-15-21-27-33-29-23-17-11-9-13-20-26-32-36(38)40-34(28-22-16-8-6-4-2)30-24-18-12-10-14-19-25-31-35(37)39-33/h5-8,21-24,27-30,33-34H,3-4,9-20,25-26,31-32H2,1-2H3/b7-5-,8-6-,27-21-,28-22-,29-23-,30-24-/t33-,34-/m0/s1. The first-order valence-corrected chi connectivity index (χ1v) is 16.0. The van der Waals surface area contributed by atoms with E-state index in [1.54, 1.807) is 0 Å². The normalized spacial score (nSPS) is 24.2. The molecule has 0 saturated carbocycles. The molecule has 1 aliphatic heterocycles. The third-order valence-electron chi connectivity index (χ3n) is 6.69. The molecule has 0 radical (unpaired) electrons. The van der Waals surface area contributed by atoms with E-state index in [-0.39, 0.29) is 24.1 Å². The molecule has 2 atom stereocenters. The summed E-state index contributed by atoms with van der Waals surface area (Å²) in [4.78, 5) is 24.9. The van der Waals surface area contributed by atoms with Crippen LogP contribution >= 0.6 is 0 Å². The summed E-state index contributed by atoms with van der Waals surface area (Å²) in [7, 11) is 0. The molecule has 0 N–H and O–H groups in total. The smallest absolute Gasteiger partial charge is 0.306 e. The first-order valence-electron chi connectivity index (χ1n) is 16.0. The van der Waals surface area contributed by atoms with E-state index >= 15 is 0 Å². The fourth-order valence-corrected chi connectivity index (χ4v) is 4.40. The molecule has 1 aliphatic rings. The van der Waals surface area contributed by atoms with Gasteiger partial charge in [0.1, 0.15) is 12.2 Å². The zero-order valence-corrected chi connectivity index (χ0v) is 25.4. The largest absolute Gasteiger partial charge is 0.454 e. The van der Waals surface area contributed by atoms with E-state index in [2.05, 4.69) is 62.5 Å². The number of esters is 2. The number of cyclic esters (lactones) is 2. The zero-order chi connectivity index (χ0) is 28.9. The van der Waals surface area contributed by atoms with E-state index in [4.69, 9.17) is 9.47 Å². The van der Waals surface area contributed by atoms with Gasteiger partial charge >= 0.3 is 11.9 Å². The van der Waals surface area contributed by atoms with Crippen molar-refractivity contribution in [1.82, 2.24) is 0 Å². The highest BCUT2D eigenvalue weighted by Gasteiger charge is 2.10. The molecular weight excluding hydrogens is 496 g/mol. The van der Waals surface area contributed by atoms with Crippen molar-refractivity contribution in [1.29, 1.82) is 0 Å². The molecule has 0 aromatic rings. The molecular formula is C36H56O4. The fraction of sp³-hybridized carbons (Fsp3) is 0.611. The molecule has 0 amide bonds. The molecule has 40 heavy (non-hydrogen) atoms. The van der Waals surface area contributed by atoms with Crippen LogP contribution in [0.3, 0.4) is 0 Å². The van der Waals surface area contributed by atoms with Crippen molar-refractivity contribution in [2.45, 2.75) is 142 Å². The van der Waals surface area contributed by atoms with Gasteiger partial charge in [-0.1, -0.05) is 101 Å². The summed E-state index contributed by atoms with van der Waals surface area (Å²) in [6, 6.07) is 0. The molecule has 0 aliphatic carbocycles. The first kappa shape index (κ1) is 35.4. The number of carbonyl (C=O) groups is 2. The van der Waals surface area contributed by atoms with Crippen molar-refractivity contribution >= 4 is 11.9 Å². The lowest BCUT2D eigenvalue weighted by atomic mass is 10.1. The minimum atomic E-state index is -0.294. The third-order valence-corrected chi connectivity index (χ3v) is 6.69. The molecule has 4 heteroatoms. The number of allylic oxidation sites excluding steroid dienone is 8. The van der Waals surface area contributed by atoms with E-state index in [1.807, 2.05) is 24.3 Å². The van der Waals surface area contributed by atoms with E-state index in [9.17, 15) is 9.59 Å². The van der Waals surface area contributed by atoms with E-state index in [1.165, 1.54) is 0 Å². The minimum absolute atomic E-state index is 0.111. The van der Waals surface area contributed by atoms with Crippen molar-refractivity contribution in [3.05, 3.63) is 72.9 Å². The van der Waals surface area contributed by atoms with Gasteiger partial charge in [0.05, 0.1) is 0 Å². The van der Waals surface area contributed by atoms with Crippen LogP contribution < -0.4 is 0 Å². The van der Waals surface area contributed by atoms with Crippen LogP contribution in [0.25, 0.3) is 0 Å². The molecule has 0 unspecified atom stereocenters. The second-order valence-electron chi connectivity index (χ2n) is 10.5. The number of hydrogen-bond donors (Lipinski definition) is 0. The Morgan fingerprint density at radius 3 is 1.40 bits per heavy atom. The topological polar surface area (TPSA) is 52.6 Å². The van der Waals surface area contributed by atoms with Gasteiger partial charge in [-0.15, -0.1) is 0 Å². The van der Waals surface area contributed by atoms with Gasteiger partial charge in [0.15, 0.2) is 0 Å². The maximum absolute atomic E-state index is 12.5. The van der Waals surface area contributed by atoms with Gasteiger partial charge in [0.2, 0.25) is 0 Å².